The Morgan fingerprint density at radius 2 is 1.74 bits per heavy atom. The lowest BCUT2D eigenvalue weighted by atomic mass is 10.1. The van der Waals surface area contributed by atoms with Crippen LogP contribution in [0.2, 0.25) is 0 Å². The van der Waals surface area contributed by atoms with Crippen molar-refractivity contribution >= 4 is 33.3 Å². The van der Waals surface area contributed by atoms with E-state index in [2.05, 4.69) is 5.32 Å². The zero-order valence-corrected chi connectivity index (χ0v) is 20.1. The van der Waals surface area contributed by atoms with Gasteiger partial charge in [-0.2, -0.15) is 9.57 Å². The van der Waals surface area contributed by atoms with Crippen LogP contribution in [0.25, 0.3) is 0 Å². The molecule has 0 spiro atoms. The van der Waals surface area contributed by atoms with E-state index < -0.39 is 28.5 Å². The van der Waals surface area contributed by atoms with Gasteiger partial charge in [-0.15, -0.1) is 0 Å². The number of nitriles is 1. The van der Waals surface area contributed by atoms with Crippen molar-refractivity contribution < 1.29 is 22.7 Å². The Morgan fingerprint density at radius 1 is 1.09 bits per heavy atom. The summed E-state index contributed by atoms with van der Waals surface area (Å²) in [5, 5.41) is 11.5. The fourth-order valence-electron chi connectivity index (χ4n) is 3.82. The van der Waals surface area contributed by atoms with E-state index in [1.54, 1.807) is 44.2 Å². The van der Waals surface area contributed by atoms with Crippen LogP contribution in [-0.2, 0) is 19.6 Å². The first-order valence-corrected chi connectivity index (χ1v) is 12.6. The summed E-state index contributed by atoms with van der Waals surface area (Å²) >= 11 is 0. The van der Waals surface area contributed by atoms with Crippen molar-refractivity contribution in [2.75, 3.05) is 43.0 Å². The smallest absolute Gasteiger partial charge is 0.340 e. The number of ether oxygens (including phenoxy) is 1. The van der Waals surface area contributed by atoms with Crippen LogP contribution >= 0.6 is 0 Å². The predicted molar refractivity (Wildman–Crippen MR) is 128 cm³/mol. The van der Waals surface area contributed by atoms with Crippen molar-refractivity contribution in [3.05, 3.63) is 53.6 Å². The molecule has 2 aromatic rings. The third-order valence-electron chi connectivity index (χ3n) is 5.61. The number of carbonyl (C=O) groups is 2. The molecule has 0 radical (unpaired) electrons. The van der Waals surface area contributed by atoms with Crippen LogP contribution in [0.15, 0.2) is 47.4 Å². The molecule has 1 aliphatic rings. The fourth-order valence-corrected chi connectivity index (χ4v) is 5.30. The van der Waals surface area contributed by atoms with Crippen LogP contribution < -0.4 is 10.2 Å². The third-order valence-corrected chi connectivity index (χ3v) is 7.66. The van der Waals surface area contributed by atoms with Crippen molar-refractivity contribution in [1.29, 1.82) is 5.26 Å². The lowest BCUT2D eigenvalue weighted by Crippen LogP contribution is -2.31. The second kappa shape index (κ2) is 11.1. The van der Waals surface area contributed by atoms with Crippen molar-refractivity contribution in [3.63, 3.8) is 0 Å². The van der Waals surface area contributed by atoms with Gasteiger partial charge in [0.1, 0.15) is 0 Å². The first-order chi connectivity index (χ1) is 16.3. The summed E-state index contributed by atoms with van der Waals surface area (Å²) in [6.45, 7) is 5.08. The quantitative estimate of drug-likeness (QED) is 0.543. The Labute approximate surface area is 200 Å². The molecule has 2 aromatic carbocycles. The maximum Gasteiger partial charge on any atom is 0.340 e. The zero-order chi connectivity index (χ0) is 24.7. The summed E-state index contributed by atoms with van der Waals surface area (Å²) in [6, 6.07) is 12.7. The van der Waals surface area contributed by atoms with E-state index in [1.807, 2.05) is 11.0 Å². The summed E-state index contributed by atoms with van der Waals surface area (Å²) in [7, 11) is -3.77. The number of nitrogens with one attached hydrogen (secondary N) is 1. The van der Waals surface area contributed by atoms with E-state index in [4.69, 9.17) is 10.00 Å². The zero-order valence-electron chi connectivity index (χ0n) is 19.3. The highest BCUT2D eigenvalue weighted by Crippen LogP contribution is 2.29. The number of sulfonamides is 1. The van der Waals surface area contributed by atoms with E-state index in [9.17, 15) is 18.0 Å². The maximum absolute atomic E-state index is 13.0. The van der Waals surface area contributed by atoms with Gasteiger partial charge in [-0.1, -0.05) is 13.8 Å². The highest BCUT2D eigenvalue weighted by molar-refractivity contribution is 7.89. The highest BCUT2D eigenvalue weighted by Gasteiger charge is 2.27. The number of amides is 1. The summed E-state index contributed by atoms with van der Waals surface area (Å²) in [5.41, 5.74) is 1.62. The fraction of sp³-hybridized carbons (Fsp3) is 0.375. The Morgan fingerprint density at radius 3 is 2.32 bits per heavy atom. The number of hydrogen-bond acceptors (Lipinski definition) is 7. The second-order valence-corrected chi connectivity index (χ2v) is 9.71. The molecule has 180 valence electrons. The predicted octanol–water partition coefficient (Wildman–Crippen LogP) is 2.98. The van der Waals surface area contributed by atoms with Crippen molar-refractivity contribution in [2.45, 2.75) is 31.6 Å². The van der Waals surface area contributed by atoms with Crippen molar-refractivity contribution in [1.82, 2.24) is 4.31 Å². The molecule has 10 heteroatoms. The van der Waals surface area contributed by atoms with E-state index in [1.165, 1.54) is 16.4 Å². The monoisotopic (exact) mass is 484 g/mol. The molecule has 0 atom stereocenters. The third kappa shape index (κ3) is 5.73. The summed E-state index contributed by atoms with van der Waals surface area (Å²) in [5.74, 6) is -1.32. The Hall–Kier alpha value is -3.42. The van der Waals surface area contributed by atoms with Gasteiger partial charge in [-0.25, -0.2) is 13.2 Å². The molecular weight excluding hydrogens is 456 g/mol. The van der Waals surface area contributed by atoms with Gasteiger partial charge in [-0.3, -0.25) is 4.79 Å². The Bertz CT molecular complexity index is 1180. The van der Waals surface area contributed by atoms with Crippen LogP contribution in [-0.4, -0.2) is 57.4 Å². The minimum atomic E-state index is -3.77. The van der Waals surface area contributed by atoms with Crippen LogP contribution in [0.4, 0.5) is 11.4 Å². The molecule has 1 saturated heterocycles. The van der Waals surface area contributed by atoms with Gasteiger partial charge in [0.2, 0.25) is 10.0 Å². The first-order valence-electron chi connectivity index (χ1n) is 11.2. The van der Waals surface area contributed by atoms with Gasteiger partial charge < -0.3 is 15.0 Å². The molecule has 34 heavy (non-hydrogen) atoms. The van der Waals surface area contributed by atoms with Gasteiger partial charge in [0.25, 0.3) is 5.91 Å². The minimum Gasteiger partial charge on any atom is -0.452 e. The van der Waals surface area contributed by atoms with E-state index in [0.29, 0.717) is 30.0 Å². The van der Waals surface area contributed by atoms with Gasteiger partial charge in [0, 0.05) is 31.9 Å². The van der Waals surface area contributed by atoms with Crippen LogP contribution in [0.5, 0.6) is 0 Å². The van der Waals surface area contributed by atoms with E-state index in [-0.39, 0.29) is 10.5 Å². The summed E-state index contributed by atoms with van der Waals surface area (Å²) in [4.78, 5) is 27.3. The summed E-state index contributed by atoms with van der Waals surface area (Å²) < 4.78 is 32.6. The minimum absolute atomic E-state index is 0.00753. The van der Waals surface area contributed by atoms with Crippen molar-refractivity contribution in [2.24, 2.45) is 0 Å². The van der Waals surface area contributed by atoms with Crippen LogP contribution in [0, 0.1) is 11.3 Å². The van der Waals surface area contributed by atoms with Gasteiger partial charge in [0.05, 0.1) is 27.8 Å². The average Bonchev–Trinajstić information content (AvgIpc) is 3.38. The SMILES string of the molecule is CCN(CC)S(=O)(=O)c1ccc(N2CCCC2)c(C(=O)OCC(=O)Nc2ccc(C#N)cc2)c1. The molecule has 1 heterocycles. The number of nitrogens with zero attached hydrogens (tertiary/aromatic N) is 3. The maximum atomic E-state index is 13.0. The Balaban J connectivity index is 1.80. The van der Waals surface area contributed by atoms with Gasteiger partial charge >= 0.3 is 5.97 Å². The number of anilines is 2. The number of rotatable bonds is 9. The number of carbonyl (C=O) groups excluding carboxylic acids is 2. The van der Waals surface area contributed by atoms with Crippen LogP contribution in [0.1, 0.15) is 42.6 Å². The Kier molecular flexibility index (Phi) is 8.26. The highest BCUT2D eigenvalue weighted by atomic mass is 32.2. The molecule has 1 aliphatic heterocycles. The lowest BCUT2D eigenvalue weighted by molar-refractivity contribution is -0.119. The molecule has 1 fully saturated rings. The summed E-state index contributed by atoms with van der Waals surface area (Å²) in [6.07, 6.45) is 1.95. The molecule has 1 amide bonds. The topological polar surface area (TPSA) is 120 Å². The largest absolute Gasteiger partial charge is 0.452 e. The lowest BCUT2D eigenvalue weighted by Gasteiger charge is -2.23. The van der Waals surface area contributed by atoms with Crippen LogP contribution in [0.3, 0.4) is 0 Å². The van der Waals surface area contributed by atoms with E-state index in [0.717, 1.165) is 25.9 Å². The average molecular weight is 485 g/mol. The van der Waals surface area contributed by atoms with Crippen molar-refractivity contribution in [3.8, 4) is 6.07 Å². The molecule has 0 unspecified atom stereocenters. The molecule has 0 aliphatic carbocycles. The molecule has 0 saturated carbocycles. The molecule has 0 aromatic heterocycles. The molecule has 0 bridgehead atoms. The standard InChI is InChI=1S/C24H28N4O5S/c1-3-28(4-2)34(31,32)20-11-12-22(27-13-5-6-14-27)21(15-20)24(30)33-17-23(29)26-19-9-7-18(16-25)8-10-19/h7-12,15H,3-6,13-14,17H2,1-2H3,(H,26,29). The molecule has 9 nitrogen and oxygen atoms in total. The normalized spacial score (nSPS) is 13.5. The number of benzene rings is 2. The van der Waals surface area contributed by atoms with Gasteiger partial charge in [-0.05, 0) is 55.3 Å². The molecule has 1 N–H and O–H groups in total. The van der Waals surface area contributed by atoms with E-state index >= 15 is 0 Å². The van der Waals surface area contributed by atoms with Gasteiger partial charge in [0.15, 0.2) is 6.61 Å². The number of esters is 1. The molecule has 3 rings (SSSR count). The molecular formula is C24H28N4O5S. The second-order valence-electron chi connectivity index (χ2n) is 7.78. The number of hydrogen-bond donors (Lipinski definition) is 1. The first kappa shape index (κ1) is 25.2.